The standard InChI is InChI=1S/C18H29NO2/c1-4-8-18(20-5-2)16(19-3)13-14-11-12-21-17-10-7-6-9-15(14)17/h6-7,9-10,14,16,18-19H,4-5,8,11-13H2,1-3H3. The molecule has 1 heterocycles. The second-order valence-electron chi connectivity index (χ2n) is 5.79. The van der Waals surface area contributed by atoms with Crippen molar-refractivity contribution in [1.82, 2.24) is 5.32 Å². The van der Waals surface area contributed by atoms with Crippen molar-refractivity contribution < 1.29 is 9.47 Å². The molecule has 0 aromatic heterocycles. The van der Waals surface area contributed by atoms with E-state index in [-0.39, 0.29) is 0 Å². The highest BCUT2D eigenvalue weighted by Crippen LogP contribution is 2.36. The number of para-hydroxylation sites is 1. The lowest BCUT2D eigenvalue weighted by molar-refractivity contribution is 0.0249. The van der Waals surface area contributed by atoms with E-state index in [0.717, 1.165) is 44.6 Å². The van der Waals surface area contributed by atoms with E-state index in [2.05, 4.69) is 50.5 Å². The molecule has 118 valence electrons. The minimum Gasteiger partial charge on any atom is -0.493 e. The summed E-state index contributed by atoms with van der Waals surface area (Å²) in [5.41, 5.74) is 1.36. The largest absolute Gasteiger partial charge is 0.493 e. The van der Waals surface area contributed by atoms with Gasteiger partial charge in [-0.2, -0.15) is 0 Å². The van der Waals surface area contributed by atoms with E-state index in [4.69, 9.17) is 9.47 Å². The highest BCUT2D eigenvalue weighted by molar-refractivity contribution is 5.37. The number of hydrogen-bond acceptors (Lipinski definition) is 3. The summed E-state index contributed by atoms with van der Waals surface area (Å²) in [5, 5.41) is 3.48. The van der Waals surface area contributed by atoms with Crippen LogP contribution in [0.2, 0.25) is 0 Å². The maximum Gasteiger partial charge on any atom is 0.122 e. The normalized spacial score (nSPS) is 20.4. The number of nitrogens with one attached hydrogen (secondary N) is 1. The molecule has 1 aromatic carbocycles. The lowest BCUT2D eigenvalue weighted by Crippen LogP contribution is -2.41. The van der Waals surface area contributed by atoms with Gasteiger partial charge in [0.15, 0.2) is 0 Å². The van der Waals surface area contributed by atoms with Crippen LogP contribution in [0.5, 0.6) is 5.75 Å². The van der Waals surface area contributed by atoms with Crippen LogP contribution in [0.15, 0.2) is 24.3 Å². The maximum atomic E-state index is 5.97. The molecule has 0 saturated heterocycles. The molecule has 3 heteroatoms. The topological polar surface area (TPSA) is 30.5 Å². The summed E-state index contributed by atoms with van der Waals surface area (Å²) in [4.78, 5) is 0. The molecule has 0 spiro atoms. The van der Waals surface area contributed by atoms with Crippen LogP contribution in [0.25, 0.3) is 0 Å². The summed E-state index contributed by atoms with van der Waals surface area (Å²) >= 11 is 0. The maximum absolute atomic E-state index is 5.97. The average Bonchev–Trinajstić information content (AvgIpc) is 2.52. The molecule has 0 saturated carbocycles. The Balaban J connectivity index is 2.08. The van der Waals surface area contributed by atoms with E-state index in [1.165, 1.54) is 5.56 Å². The first-order valence-electron chi connectivity index (χ1n) is 8.30. The van der Waals surface area contributed by atoms with Crippen LogP contribution in [0.3, 0.4) is 0 Å². The van der Waals surface area contributed by atoms with Gasteiger partial charge >= 0.3 is 0 Å². The number of likely N-dealkylation sites (N-methyl/N-ethyl adjacent to an activating group) is 1. The molecular weight excluding hydrogens is 262 g/mol. The first-order chi connectivity index (χ1) is 10.3. The summed E-state index contributed by atoms with van der Waals surface area (Å²) < 4.78 is 11.7. The molecule has 3 unspecified atom stereocenters. The number of benzene rings is 1. The van der Waals surface area contributed by atoms with Crippen LogP contribution < -0.4 is 10.1 Å². The van der Waals surface area contributed by atoms with Crippen LogP contribution in [0.1, 0.15) is 51.0 Å². The van der Waals surface area contributed by atoms with Crippen LogP contribution in [-0.2, 0) is 4.74 Å². The van der Waals surface area contributed by atoms with Gasteiger partial charge in [-0.25, -0.2) is 0 Å². The lowest BCUT2D eigenvalue weighted by Gasteiger charge is -2.32. The molecule has 2 rings (SSSR count). The molecule has 3 atom stereocenters. The zero-order chi connectivity index (χ0) is 15.1. The van der Waals surface area contributed by atoms with Crippen molar-refractivity contribution in [2.75, 3.05) is 20.3 Å². The monoisotopic (exact) mass is 291 g/mol. The molecule has 1 aliphatic heterocycles. The van der Waals surface area contributed by atoms with E-state index in [9.17, 15) is 0 Å². The van der Waals surface area contributed by atoms with Crippen molar-refractivity contribution in [3.05, 3.63) is 29.8 Å². The fourth-order valence-electron chi connectivity index (χ4n) is 3.32. The smallest absolute Gasteiger partial charge is 0.122 e. The third-order valence-electron chi connectivity index (χ3n) is 4.39. The van der Waals surface area contributed by atoms with Gasteiger partial charge in [0.05, 0.1) is 12.7 Å². The van der Waals surface area contributed by atoms with Gasteiger partial charge in [0, 0.05) is 12.6 Å². The third-order valence-corrected chi connectivity index (χ3v) is 4.39. The zero-order valence-corrected chi connectivity index (χ0v) is 13.6. The minimum atomic E-state index is 0.306. The second-order valence-corrected chi connectivity index (χ2v) is 5.79. The van der Waals surface area contributed by atoms with E-state index in [1.54, 1.807) is 0 Å². The van der Waals surface area contributed by atoms with Gasteiger partial charge in [0.1, 0.15) is 5.75 Å². The van der Waals surface area contributed by atoms with Crippen molar-refractivity contribution >= 4 is 0 Å². The van der Waals surface area contributed by atoms with Crippen molar-refractivity contribution in [2.45, 2.75) is 57.6 Å². The predicted molar refractivity (Wildman–Crippen MR) is 87.1 cm³/mol. The number of hydrogen-bond donors (Lipinski definition) is 1. The van der Waals surface area contributed by atoms with E-state index >= 15 is 0 Å². The fraction of sp³-hybridized carbons (Fsp3) is 0.667. The zero-order valence-electron chi connectivity index (χ0n) is 13.6. The Bertz CT molecular complexity index is 415. The Morgan fingerprint density at radius 1 is 1.33 bits per heavy atom. The van der Waals surface area contributed by atoms with E-state index in [0.29, 0.717) is 18.1 Å². The highest BCUT2D eigenvalue weighted by atomic mass is 16.5. The third kappa shape index (κ3) is 4.21. The van der Waals surface area contributed by atoms with Gasteiger partial charge in [-0.15, -0.1) is 0 Å². The van der Waals surface area contributed by atoms with Gasteiger partial charge in [-0.3, -0.25) is 0 Å². The molecule has 0 amide bonds. The van der Waals surface area contributed by atoms with Crippen molar-refractivity contribution in [2.24, 2.45) is 0 Å². The summed E-state index contributed by atoms with van der Waals surface area (Å²) in [6.07, 6.45) is 4.79. The van der Waals surface area contributed by atoms with E-state index in [1.807, 2.05) is 0 Å². The second kappa shape index (κ2) is 8.40. The average molecular weight is 291 g/mol. The Kier molecular flexibility index (Phi) is 6.52. The van der Waals surface area contributed by atoms with Crippen molar-refractivity contribution in [1.29, 1.82) is 0 Å². The van der Waals surface area contributed by atoms with E-state index < -0.39 is 0 Å². The molecule has 0 aliphatic carbocycles. The molecule has 0 bridgehead atoms. The van der Waals surface area contributed by atoms with Crippen LogP contribution >= 0.6 is 0 Å². The number of ether oxygens (including phenoxy) is 2. The predicted octanol–water partition coefficient (Wildman–Crippen LogP) is 3.74. The van der Waals surface area contributed by atoms with Crippen molar-refractivity contribution in [3.8, 4) is 5.75 Å². The molecule has 1 aromatic rings. The highest BCUT2D eigenvalue weighted by Gasteiger charge is 2.27. The molecule has 21 heavy (non-hydrogen) atoms. The quantitative estimate of drug-likeness (QED) is 0.791. The number of rotatable bonds is 8. The molecule has 0 fully saturated rings. The van der Waals surface area contributed by atoms with Gasteiger partial charge in [-0.1, -0.05) is 31.5 Å². The van der Waals surface area contributed by atoms with Gasteiger partial charge in [-0.05, 0) is 50.8 Å². The van der Waals surface area contributed by atoms with Gasteiger partial charge < -0.3 is 14.8 Å². The Morgan fingerprint density at radius 3 is 2.86 bits per heavy atom. The molecule has 1 aliphatic rings. The molecule has 3 nitrogen and oxygen atoms in total. The number of fused-ring (bicyclic) bond motifs is 1. The molecule has 0 radical (unpaired) electrons. The van der Waals surface area contributed by atoms with Gasteiger partial charge in [0.2, 0.25) is 0 Å². The molecular formula is C18H29NO2. The summed E-state index contributed by atoms with van der Waals surface area (Å²) in [6.45, 7) is 5.92. The Morgan fingerprint density at radius 2 is 2.14 bits per heavy atom. The summed E-state index contributed by atoms with van der Waals surface area (Å²) in [5.74, 6) is 1.62. The first kappa shape index (κ1) is 16.3. The first-order valence-corrected chi connectivity index (χ1v) is 8.30. The van der Waals surface area contributed by atoms with Crippen molar-refractivity contribution in [3.63, 3.8) is 0 Å². The molecule has 1 N–H and O–H groups in total. The Labute approximate surface area is 129 Å². The Hall–Kier alpha value is -1.06. The summed E-state index contributed by atoms with van der Waals surface area (Å²) in [7, 11) is 2.05. The van der Waals surface area contributed by atoms with Gasteiger partial charge in [0.25, 0.3) is 0 Å². The lowest BCUT2D eigenvalue weighted by atomic mass is 9.85. The van der Waals surface area contributed by atoms with Crippen LogP contribution in [0.4, 0.5) is 0 Å². The SMILES string of the molecule is CCCC(OCC)C(CC1CCOc2ccccc21)NC. The minimum absolute atomic E-state index is 0.306. The summed E-state index contributed by atoms with van der Waals surface area (Å²) in [6, 6.07) is 8.86. The van der Waals surface area contributed by atoms with Crippen LogP contribution in [-0.4, -0.2) is 32.4 Å². The van der Waals surface area contributed by atoms with Crippen LogP contribution in [0, 0.1) is 0 Å². The fourth-order valence-corrected chi connectivity index (χ4v) is 3.32.